The molecule has 3 aromatic rings. The third-order valence-corrected chi connectivity index (χ3v) is 3.07. The summed E-state index contributed by atoms with van der Waals surface area (Å²) in [5, 5.41) is 0.848. The van der Waals surface area contributed by atoms with Gasteiger partial charge in [-0.15, -0.1) is 0 Å². The van der Waals surface area contributed by atoms with Crippen LogP contribution in [0.25, 0.3) is 11.0 Å². The van der Waals surface area contributed by atoms with Crippen molar-refractivity contribution in [3.05, 3.63) is 60.1 Å². The van der Waals surface area contributed by atoms with E-state index < -0.39 is 0 Å². The molecule has 0 unspecified atom stereocenters. The van der Waals surface area contributed by atoms with Crippen molar-refractivity contribution in [2.45, 2.75) is 6.61 Å². The number of benzene rings is 2. The van der Waals surface area contributed by atoms with Gasteiger partial charge in [-0.05, 0) is 24.3 Å². The van der Waals surface area contributed by atoms with E-state index in [1.165, 1.54) is 12.1 Å². The van der Waals surface area contributed by atoms with Crippen LogP contribution in [-0.4, -0.2) is 7.11 Å². The second-order valence-corrected chi connectivity index (χ2v) is 4.34. The van der Waals surface area contributed by atoms with Crippen molar-refractivity contribution in [1.29, 1.82) is 0 Å². The molecule has 3 nitrogen and oxygen atoms in total. The summed E-state index contributed by atoms with van der Waals surface area (Å²) in [7, 11) is 1.60. The summed E-state index contributed by atoms with van der Waals surface area (Å²) in [4.78, 5) is 0. The maximum atomic E-state index is 13.1. The van der Waals surface area contributed by atoms with Crippen molar-refractivity contribution in [1.82, 2.24) is 0 Å². The molecule has 3 rings (SSSR count). The molecule has 0 aliphatic rings. The number of fused-ring (bicyclic) bond motifs is 1. The van der Waals surface area contributed by atoms with Gasteiger partial charge in [-0.3, -0.25) is 0 Å². The summed E-state index contributed by atoms with van der Waals surface area (Å²) in [6.07, 6.45) is 1.58. The SMILES string of the molecule is COc1ccccc1OCc1coc2cc(F)ccc12. The number of methoxy groups -OCH3 is 1. The van der Waals surface area contributed by atoms with E-state index in [1.54, 1.807) is 19.4 Å². The van der Waals surface area contributed by atoms with Crippen LogP contribution in [0.15, 0.2) is 53.1 Å². The van der Waals surface area contributed by atoms with E-state index in [0.717, 1.165) is 10.9 Å². The second-order valence-electron chi connectivity index (χ2n) is 4.34. The summed E-state index contributed by atoms with van der Waals surface area (Å²) >= 11 is 0. The number of ether oxygens (including phenoxy) is 2. The first-order chi connectivity index (χ1) is 9.78. The third-order valence-electron chi connectivity index (χ3n) is 3.07. The van der Waals surface area contributed by atoms with Crippen molar-refractivity contribution in [3.8, 4) is 11.5 Å². The van der Waals surface area contributed by atoms with Gasteiger partial charge in [0, 0.05) is 17.0 Å². The minimum Gasteiger partial charge on any atom is -0.493 e. The third kappa shape index (κ3) is 2.32. The minimum atomic E-state index is -0.316. The molecule has 2 aromatic carbocycles. The van der Waals surface area contributed by atoms with E-state index in [1.807, 2.05) is 24.3 Å². The molecule has 0 atom stereocenters. The van der Waals surface area contributed by atoms with E-state index in [2.05, 4.69) is 0 Å². The quantitative estimate of drug-likeness (QED) is 0.714. The molecule has 1 heterocycles. The van der Waals surface area contributed by atoms with E-state index in [-0.39, 0.29) is 5.82 Å². The van der Waals surface area contributed by atoms with Crippen LogP contribution in [0.2, 0.25) is 0 Å². The van der Waals surface area contributed by atoms with Gasteiger partial charge in [-0.1, -0.05) is 12.1 Å². The van der Waals surface area contributed by atoms with E-state index in [0.29, 0.717) is 23.7 Å². The lowest BCUT2D eigenvalue weighted by Crippen LogP contribution is -1.96. The number of para-hydroxylation sites is 2. The van der Waals surface area contributed by atoms with E-state index in [9.17, 15) is 4.39 Å². The molecule has 0 bridgehead atoms. The molecule has 0 radical (unpaired) electrons. The summed E-state index contributed by atoms with van der Waals surface area (Å²) in [5.41, 5.74) is 1.38. The molecule has 102 valence electrons. The zero-order valence-electron chi connectivity index (χ0n) is 10.9. The van der Waals surface area contributed by atoms with Crippen molar-refractivity contribution in [2.75, 3.05) is 7.11 Å². The Morgan fingerprint density at radius 2 is 1.90 bits per heavy atom. The lowest BCUT2D eigenvalue weighted by atomic mass is 10.2. The minimum absolute atomic E-state index is 0.316. The lowest BCUT2D eigenvalue weighted by Gasteiger charge is -2.09. The fourth-order valence-electron chi connectivity index (χ4n) is 2.06. The number of hydrogen-bond donors (Lipinski definition) is 0. The Bertz CT molecular complexity index is 733. The van der Waals surface area contributed by atoms with Gasteiger partial charge in [0.2, 0.25) is 0 Å². The van der Waals surface area contributed by atoms with E-state index >= 15 is 0 Å². The van der Waals surface area contributed by atoms with E-state index in [4.69, 9.17) is 13.9 Å². The number of halogens is 1. The summed E-state index contributed by atoms with van der Waals surface area (Å²) < 4.78 is 29.4. The highest BCUT2D eigenvalue weighted by atomic mass is 19.1. The molecule has 0 saturated heterocycles. The van der Waals surface area contributed by atoms with Crippen molar-refractivity contribution < 1.29 is 18.3 Å². The molecule has 0 aliphatic heterocycles. The molecular weight excluding hydrogens is 259 g/mol. The van der Waals surface area contributed by atoms with Crippen LogP contribution in [0.3, 0.4) is 0 Å². The topological polar surface area (TPSA) is 31.6 Å². The Balaban J connectivity index is 1.83. The molecule has 0 N–H and O–H groups in total. The normalized spacial score (nSPS) is 10.7. The highest BCUT2D eigenvalue weighted by Gasteiger charge is 2.09. The highest BCUT2D eigenvalue weighted by molar-refractivity contribution is 5.80. The predicted molar refractivity (Wildman–Crippen MR) is 73.5 cm³/mol. The van der Waals surface area contributed by atoms with Gasteiger partial charge in [-0.25, -0.2) is 4.39 Å². The van der Waals surface area contributed by atoms with Crippen LogP contribution >= 0.6 is 0 Å². The molecule has 0 amide bonds. The van der Waals surface area contributed by atoms with Gasteiger partial charge >= 0.3 is 0 Å². The van der Waals surface area contributed by atoms with Crippen LogP contribution < -0.4 is 9.47 Å². The summed E-state index contributed by atoms with van der Waals surface area (Å²) in [6, 6.07) is 11.9. The van der Waals surface area contributed by atoms with Gasteiger partial charge in [0.25, 0.3) is 0 Å². The first-order valence-electron chi connectivity index (χ1n) is 6.19. The van der Waals surface area contributed by atoms with Crippen LogP contribution in [-0.2, 0) is 6.61 Å². The first-order valence-corrected chi connectivity index (χ1v) is 6.19. The van der Waals surface area contributed by atoms with Gasteiger partial charge in [0.05, 0.1) is 13.4 Å². The van der Waals surface area contributed by atoms with Crippen LogP contribution in [0.1, 0.15) is 5.56 Å². The number of furan rings is 1. The molecule has 0 fully saturated rings. The maximum Gasteiger partial charge on any atom is 0.161 e. The van der Waals surface area contributed by atoms with Crippen molar-refractivity contribution in [2.24, 2.45) is 0 Å². The molecule has 20 heavy (non-hydrogen) atoms. The second kappa shape index (κ2) is 5.25. The number of hydrogen-bond acceptors (Lipinski definition) is 3. The fourth-order valence-corrected chi connectivity index (χ4v) is 2.06. The Morgan fingerprint density at radius 3 is 2.70 bits per heavy atom. The Labute approximate surface area is 115 Å². The fraction of sp³-hybridized carbons (Fsp3) is 0.125. The number of rotatable bonds is 4. The molecular formula is C16H13FO3. The van der Waals surface area contributed by atoms with Crippen LogP contribution in [0.5, 0.6) is 11.5 Å². The molecule has 4 heteroatoms. The molecule has 0 aliphatic carbocycles. The maximum absolute atomic E-state index is 13.1. The largest absolute Gasteiger partial charge is 0.493 e. The summed E-state index contributed by atoms with van der Waals surface area (Å²) in [6.45, 7) is 0.332. The standard InChI is InChI=1S/C16H13FO3/c1-18-14-4-2-3-5-15(14)19-9-11-10-20-16-8-12(17)6-7-13(11)16/h2-8,10H,9H2,1H3. The van der Waals surface area contributed by atoms with Crippen LogP contribution in [0.4, 0.5) is 4.39 Å². The average Bonchev–Trinajstić information content (AvgIpc) is 2.87. The van der Waals surface area contributed by atoms with Gasteiger partial charge < -0.3 is 13.9 Å². The Kier molecular flexibility index (Phi) is 3.29. The molecule has 1 aromatic heterocycles. The highest BCUT2D eigenvalue weighted by Crippen LogP contribution is 2.28. The Morgan fingerprint density at radius 1 is 1.10 bits per heavy atom. The van der Waals surface area contributed by atoms with Crippen molar-refractivity contribution in [3.63, 3.8) is 0 Å². The predicted octanol–water partition coefficient (Wildman–Crippen LogP) is 4.16. The van der Waals surface area contributed by atoms with Gasteiger partial charge in [0.15, 0.2) is 11.5 Å². The van der Waals surface area contributed by atoms with Gasteiger partial charge in [-0.2, -0.15) is 0 Å². The average molecular weight is 272 g/mol. The summed E-state index contributed by atoms with van der Waals surface area (Å²) in [5.74, 6) is 1.02. The monoisotopic (exact) mass is 272 g/mol. The smallest absolute Gasteiger partial charge is 0.161 e. The van der Waals surface area contributed by atoms with Crippen LogP contribution in [0, 0.1) is 5.82 Å². The lowest BCUT2D eigenvalue weighted by molar-refractivity contribution is 0.284. The van der Waals surface area contributed by atoms with Crippen molar-refractivity contribution >= 4 is 11.0 Å². The van der Waals surface area contributed by atoms with Gasteiger partial charge in [0.1, 0.15) is 18.0 Å². The zero-order chi connectivity index (χ0) is 13.9. The first kappa shape index (κ1) is 12.5. The zero-order valence-corrected chi connectivity index (χ0v) is 10.9. The molecule has 0 saturated carbocycles. The molecule has 0 spiro atoms. The Hall–Kier alpha value is -2.49.